The highest BCUT2D eigenvalue weighted by Crippen LogP contribution is 2.24. The quantitative estimate of drug-likeness (QED) is 0.900. The molecule has 3 rings (SSSR count). The lowest BCUT2D eigenvalue weighted by atomic mass is 9.93. The molecule has 1 aliphatic carbocycles. The number of amides is 1. The van der Waals surface area contributed by atoms with Gasteiger partial charge in [0.2, 0.25) is 5.88 Å². The average Bonchev–Trinajstić information content (AvgIpc) is 2.57. The van der Waals surface area contributed by atoms with Crippen LogP contribution in [-0.2, 0) is 0 Å². The Labute approximate surface area is 133 Å². The summed E-state index contributed by atoms with van der Waals surface area (Å²) in [5.41, 5.74) is 0.840. The van der Waals surface area contributed by atoms with E-state index in [4.69, 9.17) is 9.84 Å². The Morgan fingerprint density at radius 1 is 1.22 bits per heavy atom. The van der Waals surface area contributed by atoms with E-state index in [9.17, 15) is 4.79 Å². The molecule has 1 saturated carbocycles. The summed E-state index contributed by atoms with van der Waals surface area (Å²) in [4.78, 5) is 23.4. The lowest BCUT2D eigenvalue weighted by Gasteiger charge is -2.28. The Kier molecular flexibility index (Phi) is 4.65. The van der Waals surface area contributed by atoms with Crippen molar-refractivity contribution in [3.8, 4) is 17.3 Å². The molecule has 2 N–H and O–H groups in total. The zero-order valence-corrected chi connectivity index (χ0v) is 12.6. The van der Waals surface area contributed by atoms with Gasteiger partial charge in [0.15, 0.2) is 5.82 Å². The van der Waals surface area contributed by atoms with Crippen molar-refractivity contribution in [3.05, 3.63) is 36.8 Å². The molecular formula is C16H18N4O3. The highest BCUT2D eigenvalue weighted by atomic mass is 16.5. The maximum absolute atomic E-state index is 10.6. The van der Waals surface area contributed by atoms with E-state index >= 15 is 0 Å². The number of carbonyl (C=O) groups is 1. The molecule has 0 unspecified atom stereocenters. The van der Waals surface area contributed by atoms with Gasteiger partial charge >= 0.3 is 6.09 Å². The molecule has 120 valence electrons. The second-order valence-electron chi connectivity index (χ2n) is 5.50. The molecule has 1 amide bonds. The van der Waals surface area contributed by atoms with E-state index < -0.39 is 6.09 Å². The third-order valence-corrected chi connectivity index (χ3v) is 3.84. The largest absolute Gasteiger partial charge is 0.474 e. The van der Waals surface area contributed by atoms with Gasteiger partial charge in [-0.2, -0.15) is 4.98 Å². The van der Waals surface area contributed by atoms with Crippen LogP contribution in [0.3, 0.4) is 0 Å². The van der Waals surface area contributed by atoms with Gasteiger partial charge in [-0.05, 0) is 37.8 Å². The molecule has 0 bridgehead atoms. The summed E-state index contributed by atoms with van der Waals surface area (Å²) in [5.74, 6) is 1.12. The number of aromatic nitrogens is 3. The average molecular weight is 314 g/mol. The highest BCUT2D eigenvalue weighted by Gasteiger charge is 2.23. The van der Waals surface area contributed by atoms with Gasteiger partial charge in [-0.15, -0.1) is 0 Å². The van der Waals surface area contributed by atoms with Crippen LogP contribution in [-0.4, -0.2) is 38.3 Å². The molecule has 1 aliphatic rings. The van der Waals surface area contributed by atoms with Gasteiger partial charge in [0.1, 0.15) is 6.10 Å². The van der Waals surface area contributed by atoms with E-state index in [1.807, 2.05) is 12.1 Å². The topological polar surface area (TPSA) is 97.2 Å². The molecule has 2 heterocycles. The van der Waals surface area contributed by atoms with Crippen LogP contribution in [0.4, 0.5) is 4.79 Å². The minimum atomic E-state index is -0.966. The maximum Gasteiger partial charge on any atom is 0.404 e. The molecule has 0 saturated heterocycles. The SMILES string of the molecule is O=C(O)N[C@H]1CC[C@H](Oc2ccnc(-c3cccnc3)n2)CC1. The Hall–Kier alpha value is -2.70. The first-order chi connectivity index (χ1) is 11.2. The number of pyridine rings is 1. The number of hydrogen-bond donors (Lipinski definition) is 2. The van der Waals surface area contributed by atoms with Crippen molar-refractivity contribution in [1.82, 2.24) is 20.3 Å². The van der Waals surface area contributed by atoms with E-state index in [0.717, 1.165) is 31.2 Å². The smallest absolute Gasteiger partial charge is 0.404 e. The van der Waals surface area contributed by atoms with Crippen LogP contribution in [0.2, 0.25) is 0 Å². The Morgan fingerprint density at radius 3 is 2.74 bits per heavy atom. The fourth-order valence-corrected chi connectivity index (χ4v) is 2.71. The van der Waals surface area contributed by atoms with Crippen molar-refractivity contribution in [2.75, 3.05) is 0 Å². The normalized spacial score (nSPS) is 20.7. The first-order valence-corrected chi connectivity index (χ1v) is 7.60. The fourth-order valence-electron chi connectivity index (χ4n) is 2.71. The zero-order chi connectivity index (χ0) is 16.1. The van der Waals surface area contributed by atoms with E-state index in [0.29, 0.717) is 11.7 Å². The monoisotopic (exact) mass is 314 g/mol. The molecule has 2 aromatic rings. The van der Waals surface area contributed by atoms with Gasteiger partial charge in [0.05, 0.1) is 0 Å². The molecule has 0 radical (unpaired) electrons. The summed E-state index contributed by atoms with van der Waals surface area (Å²) in [6.45, 7) is 0. The van der Waals surface area contributed by atoms with Gasteiger partial charge < -0.3 is 15.2 Å². The second-order valence-corrected chi connectivity index (χ2v) is 5.50. The van der Waals surface area contributed by atoms with E-state index in [1.54, 1.807) is 24.7 Å². The highest BCUT2D eigenvalue weighted by molar-refractivity contribution is 5.64. The van der Waals surface area contributed by atoms with Gasteiger partial charge in [-0.1, -0.05) is 0 Å². The minimum Gasteiger partial charge on any atom is -0.474 e. The molecule has 0 spiro atoms. The van der Waals surface area contributed by atoms with E-state index in [2.05, 4.69) is 20.3 Å². The number of hydrogen-bond acceptors (Lipinski definition) is 5. The minimum absolute atomic E-state index is 0.0173. The van der Waals surface area contributed by atoms with Crippen LogP contribution in [0.25, 0.3) is 11.4 Å². The summed E-state index contributed by atoms with van der Waals surface area (Å²) in [7, 11) is 0. The van der Waals surface area contributed by atoms with Gasteiger partial charge in [0.25, 0.3) is 0 Å². The van der Waals surface area contributed by atoms with Crippen molar-refractivity contribution >= 4 is 6.09 Å². The summed E-state index contributed by atoms with van der Waals surface area (Å²) in [5, 5.41) is 11.3. The first-order valence-electron chi connectivity index (χ1n) is 7.60. The first kappa shape index (κ1) is 15.2. The zero-order valence-electron chi connectivity index (χ0n) is 12.6. The Bertz CT molecular complexity index is 657. The lowest BCUT2D eigenvalue weighted by Crippen LogP contribution is -2.39. The van der Waals surface area contributed by atoms with Crippen molar-refractivity contribution in [2.24, 2.45) is 0 Å². The van der Waals surface area contributed by atoms with Crippen LogP contribution in [0.1, 0.15) is 25.7 Å². The maximum atomic E-state index is 10.6. The molecule has 0 aliphatic heterocycles. The molecule has 0 atom stereocenters. The number of rotatable bonds is 4. The van der Waals surface area contributed by atoms with Crippen LogP contribution in [0.5, 0.6) is 5.88 Å². The summed E-state index contributed by atoms with van der Waals surface area (Å²) >= 11 is 0. The van der Waals surface area contributed by atoms with E-state index in [-0.39, 0.29) is 12.1 Å². The van der Waals surface area contributed by atoms with Gasteiger partial charge in [-0.3, -0.25) is 4.98 Å². The molecular weight excluding hydrogens is 296 g/mol. The third-order valence-electron chi connectivity index (χ3n) is 3.84. The molecule has 23 heavy (non-hydrogen) atoms. The van der Waals surface area contributed by atoms with Crippen LogP contribution >= 0.6 is 0 Å². The summed E-state index contributed by atoms with van der Waals surface area (Å²) in [6.07, 6.45) is 7.32. The van der Waals surface area contributed by atoms with Crippen LogP contribution < -0.4 is 10.1 Å². The lowest BCUT2D eigenvalue weighted by molar-refractivity contribution is 0.130. The predicted octanol–water partition coefficient (Wildman–Crippen LogP) is 2.50. The second kappa shape index (κ2) is 7.04. The molecule has 1 fully saturated rings. The molecule has 7 nitrogen and oxygen atoms in total. The number of carboxylic acid groups (broad SMARTS) is 1. The number of nitrogens with one attached hydrogen (secondary N) is 1. The van der Waals surface area contributed by atoms with Crippen molar-refractivity contribution in [1.29, 1.82) is 0 Å². The molecule has 7 heteroatoms. The predicted molar refractivity (Wildman–Crippen MR) is 83.1 cm³/mol. The Balaban J connectivity index is 1.60. The summed E-state index contributed by atoms with van der Waals surface area (Å²) < 4.78 is 5.92. The third kappa shape index (κ3) is 4.15. The van der Waals surface area contributed by atoms with Gasteiger partial charge in [-0.25, -0.2) is 9.78 Å². The van der Waals surface area contributed by atoms with Crippen molar-refractivity contribution < 1.29 is 14.6 Å². The summed E-state index contributed by atoms with van der Waals surface area (Å²) in [6, 6.07) is 5.49. The van der Waals surface area contributed by atoms with Crippen LogP contribution in [0.15, 0.2) is 36.8 Å². The van der Waals surface area contributed by atoms with Crippen LogP contribution in [0, 0.1) is 0 Å². The number of ether oxygens (including phenoxy) is 1. The van der Waals surface area contributed by atoms with Crippen molar-refractivity contribution in [2.45, 2.75) is 37.8 Å². The van der Waals surface area contributed by atoms with E-state index in [1.165, 1.54) is 0 Å². The van der Waals surface area contributed by atoms with Crippen molar-refractivity contribution in [3.63, 3.8) is 0 Å². The Morgan fingerprint density at radius 2 is 2.04 bits per heavy atom. The van der Waals surface area contributed by atoms with Gasteiger partial charge in [0, 0.05) is 36.3 Å². The number of nitrogens with zero attached hydrogens (tertiary/aromatic N) is 3. The molecule has 0 aromatic carbocycles. The molecule has 2 aromatic heterocycles. The fraction of sp³-hybridized carbons (Fsp3) is 0.375. The standard InChI is InChI=1S/C16H18N4O3/c21-16(22)19-12-3-5-13(6-4-12)23-14-7-9-18-15(20-14)11-2-1-8-17-10-11/h1-2,7-10,12-13,19H,3-6H2,(H,21,22)/t12-,13-.